The number of carbonyl (C=O) groups excluding carboxylic acids is 1. The molecule has 9 nitrogen and oxygen atoms in total. The number of carbonyl (C=O) groups is 1. The highest BCUT2D eigenvalue weighted by atomic mass is 16.5. The number of aliphatic hydroxyl groups is 2. The average molecular weight is 347 g/mol. The summed E-state index contributed by atoms with van der Waals surface area (Å²) in [5, 5.41) is 19.0. The number of aliphatic hydroxyl groups excluding tert-OH is 2. The first-order valence-electron chi connectivity index (χ1n) is 7.61. The molecule has 0 radical (unpaired) electrons. The van der Waals surface area contributed by atoms with Crippen LogP contribution in [0.4, 0.5) is 0 Å². The van der Waals surface area contributed by atoms with Crippen LogP contribution in [0.25, 0.3) is 11.1 Å². The molecule has 0 unspecified atom stereocenters. The third-order valence-corrected chi connectivity index (χ3v) is 4.14. The number of nitrogens with one attached hydrogen (secondary N) is 1. The van der Waals surface area contributed by atoms with Gasteiger partial charge in [0.25, 0.3) is 5.56 Å². The standard InChI is InChI=1S/C16H17N3O6/c17-14(22)9-3-1-8(2-4-9)10-6-19(16(24)18-15(10)23)13-5-11(21)12(7-20)25-13/h1-4,6,11-13,20-21H,5,7H2,(H2,17,22)(H,18,23,24)/t11-,12+,13+/m0/s1. The first-order chi connectivity index (χ1) is 11.9. The number of amides is 1. The Balaban J connectivity index is 2.00. The molecular formula is C16H17N3O6. The van der Waals surface area contributed by atoms with E-state index in [2.05, 4.69) is 4.98 Å². The Hall–Kier alpha value is -2.75. The molecule has 1 fully saturated rings. The summed E-state index contributed by atoms with van der Waals surface area (Å²) in [5.41, 5.74) is 4.88. The molecule has 3 rings (SSSR count). The topological polar surface area (TPSA) is 148 Å². The fourth-order valence-corrected chi connectivity index (χ4v) is 2.77. The zero-order chi connectivity index (χ0) is 18.1. The van der Waals surface area contributed by atoms with E-state index >= 15 is 0 Å². The van der Waals surface area contributed by atoms with Gasteiger partial charge in [-0.15, -0.1) is 0 Å². The molecule has 1 aromatic carbocycles. The van der Waals surface area contributed by atoms with Gasteiger partial charge in [0, 0.05) is 18.2 Å². The maximum absolute atomic E-state index is 12.1. The van der Waals surface area contributed by atoms with Crippen LogP contribution in [0, 0.1) is 0 Å². The molecule has 1 amide bonds. The van der Waals surface area contributed by atoms with Gasteiger partial charge in [0.05, 0.1) is 18.3 Å². The number of primary amides is 1. The largest absolute Gasteiger partial charge is 0.394 e. The molecule has 9 heteroatoms. The lowest BCUT2D eigenvalue weighted by Gasteiger charge is -2.15. The van der Waals surface area contributed by atoms with Crippen molar-refractivity contribution in [2.45, 2.75) is 24.9 Å². The second kappa shape index (κ2) is 6.63. The van der Waals surface area contributed by atoms with Crippen molar-refractivity contribution in [1.29, 1.82) is 0 Å². The van der Waals surface area contributed by atoms with E-state index in [0.717, 1.165) is 4.57 Å². The fraction of sp³-hybridized carbons (Fsp3) is 0.312. The van der Waals surface area contributed by atoms with Crippen molar-refractivity contribution in [2.24, 2.45) is 5.73 Å². The van der Waals surface area contributed by atoms with Gasteiger partial charge in [-0.3, -0.25) is 19.1 Å². The molecule has 25 heavy (non-hydrogen) atoms. The predicted octanol–water partition coefficient (Wildman–Crippen LogP) is -1.06. The van der Waals surface area contributed by atoms with Crippen LogP contribution in [0.2, 0.25) is 0 Å². The van der Waals surface area contributed by atoms with Gasteiger partial charge in [0.15, 0.2) is 0 Å². The maximum atomic E-state index is 12.1. The van der Waals surface area contributed by atoms with E-state index in [4.69, 9.17) is 15.6 Å². The Bertz CT molecular complexity index is 901. The van der Waals surface area contributed by atoms with E-state index < -0.39 is 35.6 Å². The first kappa shape index (κ1) is 17.1. The number of hydrogen-bond donors (Lipinski definition) is 4. The molecule has 5 N–H and O–H groups in total. The van der Waals surface area contributed by atoms with Gasteiger partial charge in [-0.1, -0.05) is 12.1 Å². The SMILES string of the molecule is NC(=O)c1ccc(-c2cn([C@H]3C[C@H](O)[C@@H](CO)O3)c(=O)[nH]c2=O)cc1. The number of nitrogens with two attached hydrogens (primary N) is 1. The second-order valence-corrected chi connectivity index (χ2v) is 5.77. The van der Waals surface area contributed by atoms with Crippen LogP contribution in [-0.4, -0.2) is 44.5 Å². The highest BCUT2D eigenvalue weighted by Crippen LogP contribution is 2.28. The number of rotatable bonds is 4. The van der Waals surface area contributed by atoms with Gasteiger partial charge in [0.1, 0.15) is 12.3 Å². The van der Waals surface area contributed by atoms with Crippen LogP contribution >= 0.6 is 0 Å². The van der Waals surface area contributed by atoms with E-state index in [-0.39, 0.29) is 18.6 Å². The average Bonchev–Trinajstić information content (AvgIpc) is 2.95. The minimum Gasteiger partial charge on any atom is -0.394 e. The van der Waals surface area contributed by atoms with Crippen molar-refractivity contribution < 1.29 is 19.7 Å². The highest BCUT2D eigenvalue weighted by Gasteiger charge is 2.35. The van der Waals surface area contributed by atoms with E-state index in [1.165, 1.54) is 18.3 Å². The van der Waals surface area contributed by atoms with Crippen molar-refractivity contribution in [3.8, 4) is 11.1 Å². The molecule has 0 saturated carbocycles. The number of hydrogen-bond acceptors (Lipinski definition) is 6. The molecule has 1 aromatic heterocycles. The normalized spacial score (nSPS) is 22.9. The Morgan fingerprint density at radius 3 is 2.56 bits per heavy atom. The number of aromatic amines is 1. The van der Waals surface area contributed by atoms with Crippen LogP contribution in [0.5, 0.6) is 0 Å². The molecule has 0 bridgehead atoms. The van der Waals surface area contributed by atoms with Crippen molar-refractivity contribution in [3.63, 3.8) is 0 Å². The molecule has 2 heterocycles. The van der Waals surface area contributed by atoms with Crippen LogP contribution in [0.15, 0.2) is 40.1 Å². The van der Waals surface area contributed by atoms with Crippen molar-refractivity contribution in [3.05, 3.63) is 56.9 Å². The van der Waals surface area contributed by atoms with E-state index in [1.807, 2.05) is 0 Å². The van der Waals surface area contributed by atoms with Gasteiger partial charge in [-0.25, -0.2) is 4.79 Å². The first-order valence-corrected chi connectivity index (χ1v) is 7.61. The molecule has 132 valence electrons. The quantitative estimate of drug-likeness (QED) is 0.554. The number of aromatic nitrogens is 2. The lowest BCUT2D eigenvalue weighted by molar-refractivity contribution is -0.0458. The zero-order valence-corrected chi connectivity index (χ0v) is 13.1. The summed E-state index contributed by atoms with van der Waals surface area (Å²) in [6.07, 6.45) is -1.07. The monoisotopic (exact) mass is 347 g/mol. The second-order valence-electron chi connectivity index (χ2n) is 5.77. The summed E-state index contributed by atoms with van der Waals surface area (Å²) in [5.74, 6) is -0.589. The lowest BCUT2D eigenvalue weighted by atomic mass is 10.1. The molecule has 3 atom stereocenters. The summed E-state index contributed by atoms with van der Waals surface area (Å²) in [7, 11) is 0. The smallest absolute Gasteiger partial charge is 0.330 e. The fourth-order valence-electron chi connectivity index (χ4n) is 2.77. The predicted molar refractivity (Wildman–Crippen MR) is 86.9 cm³/mol. The van der Waals surface area contributed by atoms with Gasteiger partial charge in [-0.05, 0) is 17.7 Å². The van der Waals surface area contributed by atoms with Crippen molar-refractivity contribution >= 4 is 5.91 Å². The maximum Gasteiger partial charge on any atom is 0.330 e. The number of benzene rings is 1. The van der Waals surface area contributed by atoms with Crippen LogP contribution in [-0.2, 0) is 4.74 Å². The molecular weight excluding hydrogens is 330 g/mol. The minimum atomic E-state index is -0.910. The summed E-state index contributed by atoms with van der Waals surface area (Å²) < 4.78 is 6.62. The third kappa shape index (κ3) is 3.25. The van der Waals surface area contributed by atoms with Crippen LogP contribution in [0.1, 0.15) is 23.0 Å². The Kier molecular flexibility index (Phi) is 4.53. The minimum absolute atomic E-state index is 0.108. The summed E-state index contributed by atoms with van der Waals surface area (Å²) in [6, 6.07) is 6.04. The summed E-state index contributed by atoms with van der Waals surface area (Å²) in [4.78, 5) is 37.5. The Morgan fingerprint density at radius 2 is 2.00 bits per heavy atom. The molecule has 0 spiro atoms. The molecule has 0 aliphatic carbocycles. The summed E-state index contributed by atoms with van der Waals surface area (Å²) in [6.45, 7) is -0.378. The summed E-state index contributed by atoms with van der Waals surface area (Å²) >= 11 is 0. The van der Waals surface area contributed by atoms with Gasteiger partial charge < -0.3 is 20.7 Å². The van der Waals surface area contributed by atoms with E-state index in [1.54, 1.807) is 12.1 Å². The van der Waals surface area contributed by atoms with Gasteiger partial charge in [-0.2, -0.15) is 0 Å². The third-order valence-electron chi connectivity index (χ3n) is 4.14. The Labute approximate surface area is 141 Å². The number of ether oxygens (including phenoxy) is 1. The van der Waals surface area contributed by atoms with E-state index in [0.29, 0.717) is 11.1 Å². The zero-order valence-electron chi connectivity index (χ0n) is 13.1. The number of H-pyrrole nitrogens is 1. The molecule has 1 aliphatic heterocycles. The van der Waals surface area contributed by atoms with E-state index in [9.17, 15) is 19.5 Å². The van der Waals surface area contributed by atoms with Crippen LogP contribution < -0.4 is 17.0 Å². The highest BCUT2D eigenvalue weighted by molar-refractivity contribution is 5.93. The van der Waals surface area contributed by atoms with Gasteiger partial charge in [0.2, 0.25) is 5.91 Å². The number of nitrogens with zero attached hydrogens (tertiary/aromatic N) is 1. The van der Waals surface area contributed by atoms with Crippen LogP contribution in [0.3, 0.4) is 0 Å². The molecule has 1 saturated heterocycles. The van der Waals surface area contributed by atoms with Gasteiger partial charge >= 0.3 is 5.69 Å². The molecule has 1 aliphatic rings. The Morgan fingerprint density at radius 1 is 1.32 bits per heavy atom. The van der Waals surface area contributed by atoms with Crippen molar-refractivity contribution in [1.82, 2.24) is 9.55 Å². The van der Waals surface area contributed by atoms with Crippen molar-refractivity contribution in [2.75, 3.05) is 6.61 Å². The molecule has 2 aromatic rings. The lowest BCUT2D eigenvalue weighted by Crippen LogP contribution is -2.33.